The highest BCUT2D eigenvalue weighted by atomic mass is 16.5. The van der Waals surface area contributed by atoms with Gasteiger partial charge in [-0.2, -0.15) is 0 Å². The zero-order valence-corrected chi connectivity index (χ0v) is 14.3. The molecule has 2 N–H and O–H groups in total. The van der Waals surface area contributed by atoms with Crippen LogP contribution in [-0.4, -0.2) is 61.9 Å². The first-order chi connectivity index (χ1) is 11.0. The highest BCUT2D eigenvalue weighted by Gasteiger charge is 2.36. The lowest BCUT2D eigenvalue weighted by molar-refractivity contribution is -0.151. The Morgan fingerprint density at radius 3 is 2.12 bits per heavy atom. The van der Waals surface area contributed by atoms with Crippen LogP contribution in [-0.2, 0) is 33.4 Å². The summed E-state index contributed by atoms with van der Waals surface area (Å²) >= 11 is 0. The van der Waals surface area contributed by atoms with Gasteiger partial charge in [-0.05, 0) is 6.92 Å². The number of ether oxygens (including phenoxy) is 3. The van der Waals surface area contributed by atoms with Gasteiger partial charge in [-0.15, -0.1) is 0 Å². The van der Waals surface area contributed by atoms with E-state index < -0.39 is 41.4 Å². The van der Waals surface area contributed by atoms with E-state index in [2.05, 4.69) is 14.8 Å². The van der Waals surface area contributed by atoms with Crippen molar-refractivity contribution in [2.75, 3.05) is 20.8 Å². The summed E-state index contributed by atoms with van der Waals surface area (Å²) in [6, 6.07) is -0.932. The Bertz CT molecular complexity index is 512. The molecule has 0 aliphatic heterocycles. The van der Waals surface area contributed by atoms with Gasteiger partial charge in [-0.25, -0.2) is 14.4 Å². The smallest absolute Gasteiger partial charge is 0.331 e. The van der Waals surface area contributed by atoms with Gasteiger partial charge in [-0.3, -0.25) is 4.79 Å². The molecule has 0 aromatic carbocycles. The maximum atomic E-state index is 11.9. The summed E-state index contributed by atoms with van der Waals surface area (Å²) in [5.74, 6) is -3.02. The van der Waals surface area contributed by atoms with Crippen LogP contribution in [0.25, 0.3) is 0 Å². The third-order valence-corrected chi connectivity index (χ3v) is 3.05. The molecular formula is C15H23NO8. The van der Waals surface area contributed by atoms with Crippen LogP contribution in [0.5, 0.6) is 0 Å². The standard InChI is InChI=1S/C15H23NO8/c1-9(14(21)23-5)16-13(20)12(19)15(2,3)8-24-11(18)7-6-10(17)22-4/h6-7,9,12,19H,8H2,1-5H3,(H,16,20)/b7-6+/t9-,12-/m0/s1. The lowest BCUT2D eigenvalue weighted by Gasteiger charge is -2.29. The van der Waals surface area contributed by atoms with Crippen molar-refractivity contribution in [3.63, 3.8) is 0 Å². The first-order valence-corrected chi connectivity index (χ1v) is 7.04. The molecule has 136 valence electrons. The molecule has 9 heteroatoms. The second-order valence-corrected chi connectivity index (χ2v) is 5.61. The predicted molar refractivity (Wildman–Crippen MR) is 81.5 cm³/mol. The van der Waals surface area contributed by atoms with E-state index in [4.69, 9.17) is 4.74 Å². The number of hydrogen-bond acceptors (Lipinski definition) is 8. The van der Waals surface area contributed by atoms with E-state index in [1.54, 1.807) is 0 Å². The third kappa shape index (κ3) is 7.23. The number of nitrogens with one attached hydrogen (secondary N) is 1. The van der Waals surface area contributed by atoms with Gasteiger partial charge in [0.15, 0.2) is 0 Å². The topological polar surface area (TPSA) is 128 Å². The largest absolute Gasteiger partial charge is 0.467 e. The Morgan fingerprint density at radius 1 is 1.08 bits per heavy atom. The summed E-state index contributed by atoms with van der Waals surface area (Å²) in [6.45, 7) is 4.11. The quantitative estimate of drug-likeness (QED) is 0.336. The van der Waals surface area contributed by atoms with Crippen LogP contribution in [0.2, 0.25) is 0 Å². The third-order valence-electron chi connectivity index (χ3n) is 3.05. The number of aliphatic hydroxyl groups is 1. The number of hydrogen-bond donors (Lipinski definition) is 2. The second kappa shape index (κ2) is 9.66. The van der Waals surface area contributed by atoms with E-state index in [9.17, 15) is 24.3 Å². The number of esters is 3. The Hall–Kier alpha value is -2.42. The average molecular weight is 345 g/mol. The molecule has 0 saturated carbocycles. The molecule has 0 saturated heterocycles. The molecule has 0 spiro atoms. The first kappa shape index (κ1) is 21.6. The monoisotopic (exact) mass is 345 g/mol. The molecule has 0 bridgehead atoms. The fourth-order valence-electron chi connectivity index (χ4n) is 1.47. The van der Waals surface area contributed by atoms with E-state index in [-0.39, 0.29) is 6.61 Å². The lowest BCUT2D eigenvalue weighted by Crippen LogP contribution is -2.50. The number of carbonyl (C=O) groups excluding carboxylic acids is 4. The van der Waals surface area contributed by atoms with Crippen LogP contribution in [0.3, 0.4) is 0 Å². The summed E-state index contributed by atoms with van der Waals surface area (Å²) in [6.07, 6.45) is 0.214. The Kier molecular flexibility index (Phi) is 8.69. The van der Waals surface area contributed by atoms with Crippen molar-refractivity contribution in [2.45, 2.75) is 32.9 Å². The molecule has 2 atom stereocenters. The van der Waals surface area contributed by atoms with Crippen molar-refractivity contribution in [2.24, 2.45) is 5.41 Å². The zero-order chi connectivity index (χ0) is 18.9. The second-order valence-electron chi connectivity index (χ2n) is 5.61. The molecule has 1 amide bonds. The van der Waals surface area contributed by atoms with Crippen molar-refractivity contribution < 1.29 is 38.5 Å². The Morgan fingerprint density at radius 2 is 1.62 bits per heavy atom. The summed E-state index contributed by atoms with van der Waals surface area (Å²) in [5.41, 5.74) is -1.13. The van der Waals surface area contributed by atoms with Crippen LogP contribution in [0.4, 0.5) is 0 Å². The molecule has 0 fully saturated rings. The van der Waals surface area contributed by atoms with Gasteiger partial charge in [0.25, 0.3) is 0 Å². The molecule has 0 unspecified atom stereocenters. The summed E-state index contributed by atoms with van der Waals surface area (Å²) in [4.78, 5) is 45.5. The van der Waals surface area contributed by atoms with Crippen LogP contribution in [0.15, 0.2) is 12.2 Å². The normalized spacial score (nSPS) is 13.8. The fraction of sp³-hybridized carbons (Fsp3) is 0.600. The van der Waals surface area contributed by atoms with Gasteiger partial charge in [0.05, 0.1) is 20.8 Å². The SMILES string of the molecule is COC(=O)/C=C/C(=O)OCC(C)(C)[C@@H](O)C(=O)N[C@@H](C)C(=O)OC. The molecule has 0 aromatic rings. The number of amides is 1. The van der Waals surface area contributed by atoms with Crippen molar-refractivity contribution >= 4 is 23.8 Å². The minimum atomic E-state index is -1.54. The zero-order valence-electron chi connectivity index (χ0n) is 14.3. The minimum Gasteiger partial charge on any atom is -0.467 e. The van der Waals surface area contributed by atoms with Crippen molar-refractivity contribution in [3.05, 3.63) is 12.2 Å². The molecule has 24 heavy (non-hydrogen) atoms. The fourth-order valence-corrected chi connectivity index (χ4v) is 1.47. The van der Waals surface area contributed by atoms with E-state index in [1.165, 1.54) is 27.9 Å². The molecule has 0 aliphatic carbocycles. The lowest BCUT2D eigenvalue weighted by atomic mass is 9.87. The predicted octanol–water partition coefficient (Wildman–Crippen LogP) is -0.676. The number of carbonyl (C=O) groups is 4. The van der Waals surface area contributed by atoms with Gasteiger partial charge in [0.2, 0.25) is 5.91 Å². The molecule has 9 nitrogen and oxygen atoms in total. The van der Waals surface area contributed by atoms with Crippen molar-refractivity contribution in [3.8, 4) is 0 Å². The Labute approximate surface area is 139 Å². The van der Waals surface area contributed by atoms with Crippen molar-refractivity contribution in [1.82, 2.24) is 5.32 Å². The minimum absolute atomic E-state index is 0.293. The molecule has 0 radical (unpaired) electrons. The van der Waals surface area contributed by atoms with Crippen LogP contribution >= 0.6 is 0 Å². The molecular weight excluding hydrogens is 322 g/mol. The first-order valence-electron chi connectivity index (χ1n) is 7.04. The van der Waals surface area contributed by atoms with Crippen LogP contribution in [0.1, 0.15) is 20.8 Å². The molecule has 0 aliphatic rings. The van der Waals surface area contributed by atoms with Crippen LogP contribution < -0.4 is 5.32 Å². The van der Waals surface area contributed by atoms with Gasteiger partial charge in [0, 0.05) is 17.6 Å². The van der Waals surface area contributed by atoms with E-state index in [0.29, 0.717) is 0 Å². The maximum Gasteiger partial charge on any atom is 0.331 e. The molecule has 0 aromatic heterocycles. The molecule has 0 heterocycles. The van der Waals surface area contributed by atoms with Gasteiger partial charge in [-0.1, -0.05) is 13.8 Å². The van der Waals surface area contributed by atoms with Crippen molar-refractivity contribution in [1.29, 1.82) is 0 Å². The van der Waals surface area contributed by atoms with Gasteiger partial charge < -0.3 is 24.6 Å². The average Bonchev–Trinajstić information content (AvgIpc) is 2.55. The number of methoxy groups -OCH3 is 2. The maximum absolute atomic E-state index is 11.9. The molecule has 0 rings (SSSR count). The highest BCUT2D eigenvalue weighted by Crippen LogP contribution is 2.21. The van der Waals surface area contributed by atoms with Gasteiger partial charge >= 0.3 is 17.9 Å². The van der Waals surface area contributed by atoms with E-state index >= 15 is 0 Å². The summed E-state index contributed by atoms with van der Waals surface area (Å²) in [7, 11) is 2.33. The van der Waals surface area contributed by atoms with Crippen LogP contribution in [0, 0.1) is 5.41 Å². The van der Waals surface area contributed by atoms with E-state index in [0.717, 1.165) is 19.3 Å². The van der Waals surface area contributed by atoms with E-state index in [1.807, 2.05) is 0 Å². The summed E-state index contributed by atoms with van der Waals surface area (Å²) in [5, 5.41) is 12.4. The highest BCUT2D eigenvalue weighted by molar-refractivity contribution is 5.91. The number of aliphatic hydroxyl groups excluding tert-OH is 1. The summed E-state index contributed by atoms with van der Waals surface area (Å²) < 4.78 is 13.7. The van der Waals surface area contributed by atoms with Gasteiger partial charge in [0.1, 0.15) is 12.1 Å². The Balaban J connectivity index is 4.61. The number of rotatable bonds is 8.